The van der Waals surface area contributed by atoms with Gasteiger partial charge in [-0.2, -0.15) is 0 Å². The molecule has 19 heavy (non-hydrogen) atoms. The average Bonchev–Trinajstić information content (AvgIpc) is 2.70. The molecule has 0 aromatic carbocycles. The lowest BCUT2D eigenvalue weighted by Gasteiger charge is -2.21. The van der Waals surface area contributed by atoms with Crippen LogP contribution in [0.1, 0.15) is 49.3 Å². The summed E-state index contributed by atoms with van der Waals surface area (Å²) in [6.07, 6.45) is 4.54. The van der Waals surface area contributed by atoms with Crippen LogP contribution in [0.5, 0.6) is 0 Å². The fraction of sp³-hybridized carbons (Fsp3) is 0.765. The number of nitrogens with one attached hydrogen (secondary N) is 1. The van der Waals surface area contributed by atoms with Crippen molar-refractivity contribution < 1.29 is 4.42 Å². The number of rotatable bonds is 4. The SMILES string of the molecule is CCNC(c1cc(C)oc1C)C1C2C3CCC(C3)C21. The molecule has 0 saturated heterocycles. The summed E-state index contributed by atoms with van der Waals surface area (Å²) < 4.78 is 5.77. The molecular weight excluding hydrogens is 234 g/mol. The van der Waals surface area contributed by atoms with Crippen LogP contribution in [-0.4, -0.2) is 6.54 Å². The third-order valence-corrected chi connectivity index (χ3v) is 6.02. The average molecular weight is 259 g/mol. The summed E-state index contributed by atoms with van der Waals surface area (Å²) in [5.74, 6) is 7.23. The van der Waals surface area contributed by atoms with E-state index in [1.54, 1.807) is 0 Å². The summed E-state index contributed by atoms with van der Waals surface area (Å²) in [7, 11) is 0. The van der Waals surface area contributed by atoms with Crippen molar-refractivity contribution in [1.82, 2.24) is 5.32 Å². The highest BCUT2D eigenvalue weighted by molar-refractivity contribution is 5.29. The Balaban J connectivity index is 1.62. The molecular formula is C17H25NO. The zero-order chi connectivity index (χ0) is 13.1. The molecule has 3 saturated carbocycles. The van der Waals surface area contributed by atoms with Crippen LogP contribution in [0.25, 0.3) is 0 Å². The Kier molecular flexibility index (Phi) is 2.60. The van der Waals surface area contributed by atoms with Crippen molar-refractivity contribution in [3.8, 4) is 0 Å². The van der Waals surface area contributed by atoms with E-state index in [0.29, 0.717) is 6.04 Å². The summed E-state index contributed by atoms with van der Waals surface area (Å²) in [6, 6.07) is 2.80. The first-order chi connectivity index (χ1) is 9.20. The lowest BCUT2D eigenvalue weighted by Crippen LogP contribution is -2.25. The molecule has 5 unspecified atom stereocenters. The predicted molar refractivity (Wildman–Crippen MR) is 75.9 cm³/mol. The first-order valence-electron chi connectivity index (χ1n) is 8.01. The van der Waals surface area contributed by atoms with E-state index < -0.39 is 0 Å². The minimum absolute atomic E-state index is 0.542. The number of fused-ring (bicyclic) bond motifs is 5. The van der Waals surface area contributed by atoms with Crippen LogP contribution in [-0.2, 0) is 0 Å². The highest BCUT2D eigenvalue weighted by Gasteiger charge is 2.66. The van der Waals surface area contributed by atoms with E-state index in [9.17, 15) is 0 Å². The maximum absolute atomic E-state index is 5.77. The number of furan rings is 1. The summed E-state index contributed by atoms with van der Waals surface area (Å²) in [6.45, 7) is 7.47. The second kappa shape index (κ2) is 4.12. The largest absolute Gasteiger partial charge is 0.466 e. The molecule has 1 aromatic heterocycles. The standard InChI is InChI=1S/C17H25NO/c1-4-18-17(13-7-9(2)19-10(13)3)16-14-11-5-6-12(8-11)15(14)16/h7,11-12,14-18H,4-6,8H2,1-3H3. The van der Waals surface area contributed by atoms with E-state index >= 15 is 0 Å². The van der Waals surface area contributed by atoms with Gasteiger partial charge in [-0.25, -0.2) is 0 Å². The Morgan fingerprint density at radius 3 is 2.47 bits per heavy atom. The van der Waals surface area contributed by atoms with Gasteiger partial charge in [0.05, 0.1) is 0 Å². The van der Waals surface area contributed by atoms with E-state index in [4.69, 9.17) is 4.42 Å². The minimum atomic E-state index is 0.542. The van der Waals surface area contributed by atoms with Crippen LogP contribution in [0, 0.1) is 43.4 Å². The maximum atomic E-state index is 5.77. The molecule has 3 aliphatic rings. The van der Waals surface area contributed by atoms with Gasteiger partial charge in [-0.05, 0) is 75.3 Å². The Bertz CT molecular complexity index is 475. The molecule has 1 N–H and O–H groups in total. The van der Waals surface area contributed by atoms with E-state index in [1.807, 2.05) is 0 Å². The summed E-state index contributed by atoms with van der Waals surface area (Å²) in [5, 5.41) is 3.75. The van der Waals surface area contributed by atoms with Gasteiger partial charge in [-0.3, -0.25) is 0 Å². The van der Waals surface area contributed by atoms with Crippen molar-refractivity contribution in [3.05, 3.63) is 23.2 Å². The molecule has 3 fully saturated rings. The topological polar surface area (TPSA) is 25.2 Å². The van der Waals surface area contributed by atoms with Crippen LogP contribution in [0.3, 0.4) is 0 Å². The van der Waals surface area contributed by atoms with Gasteiger partial charge < -0.3 is 9.73 Å². The monoisotopic (exact) mass is 259 g/mol. The van der Waals surface area contributed by atoms with Crippen LogP contribution in [0.15, 0.2) is 10.5 Å². The lowest BCUT2D eigenvalue weighted by molar-refractivity contribution is 0.370. The number of hydrogen-bond donors (Lipinski definition) is 1. The molecule has 0 aliphatic heterocycles. The van der Waals surface area contributed by atoms with Crippen molar-refractivity contribution in [2.75, 3.05) is 6.54 Å². The van der Waals surface area contributed by atoms with Gasteiger partial charge in [0.1, 0.15) is 11.5 Å². The van der Waals surface area contributed by atoms with E-state index in [0.717, 1.165) is 47.7 Å². The van der Waals surface area contributed by atoms with Crippen LogP contribution in [0.2, 0.25) is 0 Å². The normalized spacial score (nSPS) is 40.5. The molecule has 1 heterocycles. The van der Waals surface area contributed by atoms with Gasteiger partial charge in [0.15, 0.2) is 0 Å². The van der Waals surface area contributed by atoms with Gasteiger partial charge in [0, 0.05) is 11.6 Å². The molecule has 104 valence electrons. The predicted octanol–water partition coefficient (Wildman–Crippen LogP) is 3.84. The molecule has 1 aromatic rings. The molecule has 3 aliphatic carbocycles. The first-order valence-corrected chi connectivity index (χ1v) is 8.01. The van der Waals surface area contributed by atoms with Crippen molar-refractivity contribution in [1.29, 1.82) is 0 Å². The molecule has 2 heteroatoms. The molecule has 0 spiro atoms. The molecule has 0 radical (unpaired) electrons. The first kappa shape index (κ1) is 12.0. The van der Waals surface area contributed by atoms with E-state index in [1.165, 1.54) is 24.8 Å². The lowest BCUT2D eigenvalue weighted by atomic mass is 9.93. The quantitative estimate of drug-likeness (QED) is 0.888. The molecule has 4 rings (SSSR count). The zero-order valence-electron chi connectivity index (χ0n) is 12.3. The van der Waals surface area contributed by atoms with Crippen LogP contribution in [0.4, 0.5) is 0 Å². The Morgan fingerprint density at radius 1 is 1.26 bits per heavy atom. The number of aryl methyl sites for hydroxylation is 2. The zero-order valence-corrected chi connectivity index (χ0v) is 12.3. The summed E-state index contributed by atoms with van der Waals surface area (Å²) in [5.41, 5.74) is 1.43. The number of hydrogen-bond acceptors (Lipinski definition) is 2. The van der Waals surface area contributed by atoms with Crippen molar-refractivity contribution in [2.45, 2.75) is 46.1 Å². The highest BCUT2D eigenvalue weighted by atomic mass is 16.3. The Labute approximate surface area is 116 Å². The third-order valence-electron chi connectivity index (χ3n) is 6.02. The van der Waals surface area contributed by atoms with Gasteiger partial charge in [-0.15, -0.1) is 0 Å². The van der Waals surface area contributed by atoms with Crippen LogP contribution < -0.4 is 5.32 Å². The molecule has 0 amide bonds. The van der Waals surface area contributed by atoms with Crippen LogP contribution >= 0.6 is 0 Å². The fourth-order valence-electron chi connectivity index (χ4n) is 5.47. The molecule has 2 nitrogen and oxygen atoms in total. The van der Waals surface area contributed by atoms with Crippen molar-refractivity contribution in [3.63, 3.8) is 0 Å². The summed E-state index contributed by atoms with van der Waals surface area (Å²) in [4.78, 5) is 0. The second-order valence-electron chi connectivity index (χ2n) is 6.97. The van der Waals surface area contributed by atoms with E-state index in [-0.39, 0.29) is 0 Å². The molecule has 5 atom stereocenters. The fourth-order valence-corrected chi connectivity index (χ4v) is 5.47. The van der Waals surface area contributed by atoms with Crippen molar-refractivity contribution in [2.24, 2.45) is 29.6 Å². The van der Waals surface area contributed by atoms with Crippen molar-refractivity contribution >= 4 is 0 Å². The maximum Gasteiger partial charge on any atom is 0.105 e. The highest BCUT2D eigenvalue weighted by Crippen LogP contribution is 2.72. The summed E-state index contributed by atoms with van der Waals surface area (Å²) >= 11 is 0. The van der Waals surface area contributed by atoms with E-state index in [2.05, 4.69) is 32.2 Å². The third kappa shape index (κ3) is 1.65. The molecule has 2 bridgehead atoms. The Morgan fingerprint density at radius 2 is 1.95 bits per heavy atom. The smallest absolute Gasteiger partial charge is 0.105 e. The van der Waals surface area contributed by atoms with Gasteiger partial charge >= 0.3 is 0 Å². The van der Waals surface area contributed by atoms with Gasteiger partial charge in [-0.1, -0.05) is 6.92 Å². The van der Waals surface area contributed by atoms with Gasteiger partial charge in [0.2, 0.25) is 0 Å². The Hall–Kier alpha value is -0.760. The minimum Gasteiger partial charge on any atom is -0.466 e. The van der Waals surface area contributed by atoms with Gasteiger partial charge in [0.25, 0.3) is 0 Å². The second-order valence-corrected chi connectivity index (χ2v) is 6.97.